The molecule has 0 aromatic carbocycles. The summed E-state index contributed by atoms with van der Waals surface area (Å²) in [4.78, 5) is 12.3. The Bertz CT molecular complexity index is 707. The Morgan fingerprint density at radius 3 is 2.71 bits per heavy atom. The van der Waals surface area contributed by atoms with Gasteiger partial charge in [-0.05, 0) is 18.2 Å². The quantitative estimate of drug-likeness (QED) is 0.564. The van der Waals surface area contributed by atoms with Gasteiger partial charge in [0.2, 0.25) is 0 Å². The normalized spacial score (nSPS) is 9.88. The first-order valence-electron chi connectivity index (χ1n) is 5.03. The zero-order valence-corrected chi connectivity index (χ0v) is 9.61. The smallest absolute Gasteiger partial charge is 0.170 e. The van der Waals surface area contributed by atoms with Gasteiger partial charge in [0, 0.05) is 29.7 Å². The molecule has 0 unspecified atom stereocenters. The van der Waals surface area contributed by atoms with Crippen LogP contribution in [0.1, 0.15) is 11.1 Å². The van der Waals surface area contributed by atoms with Crippen LogP contribution in [0.4, 0.5) is 0 Å². The molecule has 0 atom stereocenters. The van der Waals surface area contributed by atoms with E-state index in [1.54, 1.807) is 35.4 Å². The molecule has 0 aliphatic carbocycles. The number of hydrogen-bond acceptors (Lipinski definition) is 4. The molecule has 0 amide bonds. The van der Waals surface area contributed by atoms with Crippen molar-refractivity contribution >= 4 is 21.7 Å². The molecule has 3 heterocycles. The largest absolute Gasteiger partial charge is 0.265 e. The molecule has 0 saturated heterocycles. The van der Waals surface area contributed by atoms with Crippen LogP contribution in [0.15, 0.2) is 42.3 Å². The molecular weight excluding hydrogens is 230 g/mol. The Labute approximate surface area is 102 Å². The first-order chi connectivity index (χ1) is 8.42. The van der Waals surface area contributed by atoms with Gasteiger partial charge < -0.3 is 0 Å². The highest BCUT2D eigenvalue weighted by atomic mass is 32.1. The van der Waals surface area contributed by atoms with Crippen molar-refractivity contribution < 1.29 is 0 Å². The summed E-state index contributed by atoms with van der Waals surface area (Å²) in [5.41, 5.74) is 4.42. The molecule has 0 saturated carbocycles. The second-order valence-corrected chi connectivity index (χ2v) is 4.27. The molecule has 3 nitrogen and oxygen atoms in total. The van der Waals surface area contributed by atoms with E-state index in [9.17, 15) is 0 Å². The van der Waals surface area contributed by atoms with Crippen LogP contribution in [-0.4, -0.2) is 15.0 Å². The highest BCUT2D eigenvalue weighted by molar-refractivity contribution is 7.16. The number of rotatable bonds is 0. The van der Waals surface area contributed by atoms with Gasteiger partial charge in [0.25, 0.3) is 0 Å². The summed E-state index contributed by atoms with van der Waals surface area (Å²) in [5.74, 6) is 6.15. The second kappa shape index (κ2) is 4.32. The van der Waals surface area contributed by atoms with Crippen molar-refractivity contribution in [2.75, 3.05) is 0 Å². The molecule has 17 heavy (non-hydrogen) atoms. The Morgan fingerprint density at radius 2 is 1.82 bits per heavy atom. The van der Waals surface area contributed by atoms with E-state index in [0.29, 0.717) is 0 Å². The molecular formula is C13H7N3S. The summed E-state index contributed by atoms with van der Waals surface area (Å²) in [6, 6.07) is 5.77. The van der Waals surface area contributed by atoms with E-state index in [-0.39, 0.29) is 0 Å². The van der Waals surface area contributed by atoms with Gasteiger partial charge in [-0.2, -0.15) is 0 Å². The van der Waals surface area contributed by atoms with Crippen LogP contribution >= 0.6 is 11.3 Å². The summed E-state index contributed by atoms with van der Waals surface area (Å²) in [6.45, 7) is 0. The summed E-state index contributed by atoms with van der Waals surface area (Å²) in [6.07, 6.45) is 5.21. The molecule has 0 radical (unpaired) electrons. The predicted molar refractivity (Wildman–Crippen MR) is 67.6 cm³/mol. The summed E-state index contributed by atoms with van der Waals surface area (Å²) >= 11 is 1.57. The topological polar surface area (TPSA) is 38.7 Å². The molecule has 0 aliphatic rings. The van der Waals surface area contributed by atoms with Crippen LogP contribution in [0.25, 0.3) is 10.3 Å². The SMILES string of the molecule is C(#Cc1cnc2ncsc2c1)c1ccncc1. The molecule has 0 fully saturated rings. The van der Waals surface area contributed by atoms with E-state index >= 15 is 0 Å². The molecule has 80 valence electrons. The predicted octanol–water partition coefficient (Wildman–Crippen LogP) is 2.49. The summed E-state index contributed by atoms with van der Waals surface area (Å²) in [7, 11) is 0. The van der Waals surface area contributed by atoms with Crippen molar-refractivity contribution in [1.29, 1.82) is 0 Å². The van der Waals surface area contributed by atoms with Crippen molar-refractivity contribution in [2.45, 2.75) is 0 Å². The van der Waals surface area contributed by atoms with E-state index in [1.807, 2.05) is 18.2 Å². The Morgan fingerprint density at radius 1 is 1.00 bits per heavy atom. The van der Waals surface area contributed by atoms with E-state index in [0.717, 1.165) is 21.5 Å². The van der Waals surface area contributed by atoms with Crippen molar-refractivity contribution in [2.24, 2.45) is 0 Å². The molecule has 0 spiro atoms. The highest BCUT2D eigenvalue weighted by Crippen LogP contribution is 2.15. The molecule has 0 aliphatic heterocycles. The number of nitrogens with zero attached hydrogens (tertiary/aromatic N) is 3. The van der Waals surface area contributed by atoms with Gasteiger partial charge in [0.05, 0.1) is 10.2 Å². The van der Waals surface area contributed by atoms with Crippen LogP contribution in [-0.2, 0) is 0 Å². The summed E-state index contributed by atoms with van der Waals surface area (Å²) in [5, 5.41) is 0. The van der Waals surface area contributed by atoms with Gasteiger partial charge in [-0.1, -0.05) is 11.8 Å². The van der Waals surface area contributed by atoms with Crippen LogP contribution in [0.5, 0.6) is 0 Å². The zero-order chi connectivity index (χ0) is 11.5. The second-order valence-electron chi connectivity index (χ2n) is 3.38. The average Bonchev–Trinajstić information content (AvgIpc) is 2.85. The third kappa shape index (κ3) is 2.14. The minimum Gasteiger partial charge on any atom is -0.265 e. The van der Waals surface area contributed by atoms with Crippen LogP contribution in [0, 0.1) is 11.8 Å². The monoisotopic (exact) mass is 237 g/mol. The molecule has 3 rings (SSSR count). The lowest BCUT2D eigenvalue weighted by Crippen LogP contribution is -1.80. The van der Waals surface area contributed by atoms with Crippen molar-refractivity contribution in [3.63, 3.8) is 0 Å². The fourth-order valence-electron chi connectivity index (χ4n) is 1.40. The first-order valence-corrected chi connectivity index (χ1v) is 5.91. The van der Waals surface area contributed by atoms with Gasteiger partial charge in [0.15, 0.2) is 5.65 Å². The maximum absolute atomic E-state index is 4.24. The highest BCUT2D eigenvalue weighted by Gasteiger charge is 1.97. The third-order valence-corrected chi connectivity index (χ3v) is 2.98. The number of pyridine rings is 2. The molecule has 0 N–H and O–H groups in total. The van der Waals surface area contributed by atoms with E-state index in [1.165, 1.54) is 0 Å². The van der Waals surface area contributed by atoms with Gasteiger partial charge in [0.1, 0.15) is 0 Å². The van der Waals surface area contributed by atoms with Crippen molar-refractivity contribution in [3.05, 3.63) is 53.4 Å². The number of hydrogen-bond donors (Lipinski definition) is 0. The van der Waals surface area contributed by atoms with E-state index < -0.39 is 0 Å². The lowest BCUT2D eigenvalue weighted by atomic mass is 10.2. The van der Waals surface area contributed by atoms with Gasteiger partial charge in [-0.15, -0.1) is 11.3 Å². The average molecular weight is 237 g/mol. The molecule has 4 heteroatoms. The van der Waals surface area contributed by atoms with Crippen LogP contribution in [0.3, 0.4) is 0 Å². The first kappa shape index (κ1) is 9.94. The van der Waals surface area contributed by atoms with Crippen molar-refractivity contribution in [1.82, 2.24) is 15.0 Å². The Kier molecular flexibility index (Phi) is 2.53. The maximum Gasteiger partial charge on any atom is 0.170 e. The van der Waals surface area contributed by atoms with Gasteiger partial charge >= 0.3 is 0 Å². The molecule has 3 aromatic rings. The van der Waals surface area contributed by atoms with Crippen LogP contribution in [0.2, 0.25) is 0 Å². The number of thiazole rings is 1. The Balaban J connectivity index is 1.97. The standard InChI is InChI=1S/C13H7N3S/c1(10-3-5-14-6-4-10)2-11-7-12-13(15-8-11)16-9-17-12/h3-9H. The maximum atomic E-state index is 4.24. The third-order valence-electron chi connectivity index (χ3n) is 2.22. The zero-order valence-electron chi connectivity index (χ0n) is 8.79. The Hall–Kier alpha value is -2.25. The summed E-state index contributed by atoms with van der Waals surface area (Å²) < 4.78 is 1.06. The minimum absolute atomic E-state index is 0.782. The molecule has 0 bridgehead atoms. The van der Waals surface area contributed by atoms with E-state index in [2.05, 4.69) is 26.8 Å². The number of fused-ring (bicyclic) bond motifs is 1. The van der Waals surface area contributed by atoms with Gasteiger partial charge in [-0.3, -0.25) is 4.98 Å². The minimum atomic E-state index is 0.782. The fourth-order valence-corrected chi connectivity index (χ4v) is 2.07. The molecule has 3 aromatic heterocycles. The lowest BCUT2D eigenvalue weighted by molar-refractivity contribution is 1.31. The number of aromatic nitrogens is 3. The van der Waals surface area contributed by atoms with Crippen molar-refractivity contribution in [3.8, 4) is 11.8 Å². The van der Waals surface area contributed by atoms with E-state index in [4.69, 9.17) is 0 Å². The van der Waals surface area contributed by atoms with Gasteiger partial charge in [-0.25, -0.2) is 9.97 Å². The van der Waals surface area contributed by atoms with Crippen LogP contribution < -0.4 is 0 Å². The lowest BCUT2D eigenvalue weighted by Gasteiger charge is -1.90. The fraction of sp³-hybridized carbons (Fsp3) is 0.